The Morgan fingerprint density at radius 2 is 2.17 bits per heavy atom. The smallest absolute Gasteiger partial charge is 0.235 e. The number of nitrogens with two attached hydrogens (primary N) is 1. The zero-order chi connectivity index (χ0) is 16.0. The number of thiazole rings is 1. The lowest BCUT2D eigenvalue weighted by Crippen LogP contribution is -2.37. The molecule has 0 spiro atoms. The molecule has 2 N–H and O–H groups in total. The van der Waals surface area contributed by atoms with Gasteiger partial charge in [-0.25, -0.2) is 4.98 Å². The Balaban J connectivity index is 0.00000169. The van der Waals surface area contributed by atoms with Gasteiger partial charge in [0.25, 0.3) is 0 Å². The van der Waals surface area contributed by atoms with Gasteiger partial charge < -0.3 is 10.6 Å². The van der Waals surface area contributed by atoms with Gasteiger partial charge in [-0.1, -0.05) is 23.9 Å². The second-order valence-electron chi connectivity index (χ2n) is 6.62. The summed E-state index contributed by atoms with van der Waals surface area (Å²) in [5.74, 6) is 1.36. The number of nitrogens with zero attached hydrogens (tertiary/aromatic N) is 2. The number of fused-ring (bicyclic) bond motifs is 2. The number of para-hydroxylation sites is 1. The van der Waals surface area contributed by atoms with Gasteiger partial charge in [0.1, 0.15) is 0 Å². The van der Waals surface area contributed by atoms with E-state index in [9.17, 15) is 4.79 Å². The number of halogens is 1. The number of hydrogen-bond acceptors (Lipinski definition) is 5. The number of hydrogen-bond donors (Lipinski definition) is 1. The first-order valence-electron chi connectivity index (χ1n) is 8.18. The van der Waals surface area contributed by atoms with Crippen molar-refractivity contribution in [3.8, 4) is 0 Å². The monoisotopic (exact) mass is 383 g/mol. The van der Waals surface area contributed by atoms with E-state index in [0.29, 0.717) is 11.8 Å². The molecule has 1 saturated heterocycles. The molecule has 2 heterocycles. The van der Waals surface area contributed by atoms with E-state index >= 15 is 0 Å². The number of carbonyl (C=O) groups excluding carboxylic acids is 1. The lowest BCUT2D eigenvalue weighted by molar-refractivity contribution is -0.129. The highest BCUT2D eigenvalue weighted by atomic mass is 35.5. The lowest BCUT2D eigenvalue weighted by Gasteiger charge is -2.21. The van der Waals surface area contributed by atoms with Gasteiger partial charge in [0.05, 0.1) is 15.5 Å². The predicted octanol–water partition coefficient (Wildman–Crippen LogP) is 3.39. The maximum absolute atomic E-state index is 12.7. The van der Waals surface area contributed by atoms with Crippen LogP contribution >= 0.6 is 35.5 Å². The molecule has 4 rings (SSSR count). The van der Waals surface area contributed by atoms with Crippen LogP contribution in [0.1, 0.15) is 19.8 Å². The topological polar surface area (TPSA) is 59.2 Å². The van der Waals surface area contributed by atoms with E-state index in [2.05, 4.69) is 11.1 Å². The van der Waals surface area contributed by atoms with E-state index in [1.54, 1.807) is 23.1 Å². The summed E-state index contributed by atoms with van der Waals surface area (Å²) < 4.78 is 2.15. The quantitative estimate of drug-likeness (QED) is 0.825. The van der Waals surface area contributed by atoms with Gasteiger partial charge in [0.2, 0.25) is 5.91 Å². The fourth-order valence-electron chi connectivity index (χ4n) is 3.85. The van der Waals surface area contributed by atoms with Crippen LogP contribution in [-0.4, -0.2) is 40.2 Å². The minimum atomic E-state index is -0.0920. The van der Waals surface area contributed by atoms with Crippen LogP contribution in [0, 0.1) is 11.8 Å². The van der Waals surface area contributed by atoms with E-state index in [0.717, 1.165) is 29.4 Å². The molecule has 24 heavy (non-hydrogen) atoms. The molecule has 1 aromatic heterocycles. The largest absolute Gasteiger partial charge is 0.341 e. The van der Waals surface area contributed by atoms with Gasteiger partial charge in [0, 0.05) is 19.1 Å². The van der Waals surface area contributed by atoms with Crippen LogP contribution in [-0.2, 0) is 4.79 Å². The van der Waals surface area contributed by atoms with Crippen LogP contribution in [0.2, 0.25) is 0 Å². The van der Waals surface area contributed by atoms with Crippen molar-refractivity contribution >= 4 is 51.6 Å². The van der Waals surface area contributed by atoms with E-state index in [-0.39, 0.29) is 29.6 Å². The van der Waals surface area contributed by atoms with Gasteiger partial charge >= 0.3 is 0 Å². The Morgan fingerprint density at radius 1 is 1.38 bits per heavy atom. The molecular weight excluding hydrogens is 362 g/mol. The van der Waals surface area contributed by atoms with Crippen LogP contribution < -0.4 is 5.73 Å². The molecule has 7 heteroatoms. The Bertz CT molecular complexity index is 704. The van der Waals surface area contributed by atoms with Gasteiger partial charge in [-0.05, 0) is 43.7 Å². The first-order valence-corrected chi connectivity index (χ1v) is 9.88. The highest BCUT2D eigenvalue weighted by Crippen LogP contribution is 2.38. The van der Waals surface area contributed by atoms with Crippen LogP contribution in [0.25, 0.3) is 10.2 Å². The van der Waals surface area contributed by atoms with Crippen LogP contribution in [0.4, 0.5) is 0 Å². The highest BCUT2D eigenvalue weighted by Gasteiger charge is 2.43. The van der Waals surface area contributed by atoms with Gasteiger partial charge in [-0.15, -0.1) is 23.7 Å². The summed E-state index contributed by atoms with van der Waals surface area (Å²) in [7, 11) is 0. The second kappa shape index (κ2) is 7.20. The fraction of sp³-hybridized carbons (Fsp3) is 0.529. The molecule has 2 aromatic rings. The minimum Gasteiger partial charge on any atom is -0.341 e. The molecule has 1 aliphatic carbocycles. The molecule has 4 unspecified atom stereocenters. The Morgan fingerprint density at radius 3 is 2.92 bits per heavy atom. The molecule has 0 bridgehead atoms. The van der Waals surface area contributed by atoms with Crippen molar-refractivity contribution < 1.29 is 4.79 Å². The van der Waals surface area contributed by atoms with E-state index in [4.69, 9.17) is 5.73 Å². The molecule has 4 nitrogen and oxygen atoms in total. The average Bonchev–Trinajstić information content (AvgIpc) is 3.22. The number of amides is 1. The van der Waals surface area contributed by atoms with E-state index < -0.39 is 0 Å². The zero-order valence-corrected chi connectivity index (χ0v) is 16.0. The summed E-state index contributed by atoms with van der Waals surface area (Å²) in [5.41, 5.74) is 7.19. The maximum atomic E-state index is 12.7. The molecule has 1 aliphatic heterocycles. The zero-order valence-electron chi connectivity index (χ0n) is 13.6. The average molecular weight is 384 g/mol. The summed E-state index contributed by atoms with van der Waals surface area (Å²) in [6, 6.07) is 8.40. The number of rotatable bonds is 3. The third-order valence-corrected chi connectivity index (χ3v) is 7.34. The Labute approximate surface area is 156 Å². The molecule has 1 aromatic carbocycles. The molecule has 2 aliphatic rings. The summed E-state index contributed by atoms with van der Waals surface area (Å²) in [6.45, 7) is 3.73. The SMILES string of the molecule is CC(Sc1nc2ccccc2s1)C(=O)N1CC2CCC(N)C2C1.Cl. The molecule has 0 radical (unpaired) electrons. The van der Waals surface area contributed by atoms with Gasteiger partial charge in [-0.3, -0.25) is 4.79 Å². The van der Waals surface area contributed by atoms with Crippen molar-refractivity contribution in [1.29, 1.82) is 0 Å². The van der Waals surface area contributed by atoms with Crippen molar-refractivity contribution in [2.75, 3.05) is 13.1 Å². The second-order valence-corrected chi connectivity index (χ2v) is 9.23. The summed E-state index contributed by atoms with van der Waals surface area (Å²) >= 11 is 3.24. The number of benzene rings is 1. The van der Waals surface area contributed by atoms with E-state index in [1.165, 1.54) is 11.1 Å². The van der Waals surface area contributed by atoms with Crippen molar-refractivity contribution in [1.82, 2.24) is 9.88 Å². The first-order chi connectivity index (χ1) is 11.1. The summed E-state index contributed by atoms with van der Waals surface area (Å²) in [6.07, 6.45) is 2.29. The molecule has 130 valence electrons. The first kappa shape index (κ1) is 18.0. The molecule has 4 atom stereocenters. The molecule has 1 amide bonds. The normalized spacial score (nSPS) is 27.1. The third kappa shape index (κ3) is 3.29. The van der Waals surface area contributed by atoms with Crippen molar-refractivity contribution in [3.05, 3.63) is 24.3 Å². The van der Waals surface area contributed by atoms with Gasteiger partial charge in [0.15, 0.2) is 4.34 Å². The fourth-order valence-corrected chi connectivity index (χ4v) is 6.14. The van der Waals surface area contributed by atoms with Crippen LogP contribution in [0.5, 0.6) is 0 Å². The number of aromatic nitrogens is 1. The number of likely N-dealkylation sites (tertiary alicyclic amines) is 1. The van der Waals surface area contributed by atoms with Crippen molar-refractivity contribution in [2.24, 2.45) is 17.6 Å². The number of thioether (sulfide) groups is 1. The molecule has 2 fully saturated rings. The van der Waals surface area contributed by atoms with Gasteiger partial charge in [-0.2, -0.15) is 0 Å². The standard InChI is InChI=1S/C17H21N3OS2.ClH/c1-10(22-17-19-14-4-2-3-5-15(14)23-17)16(21)20-8-11-6-7-13(18)12(11)9-20;/h2-5,10-13H,6-9,18H2,1H3;1H. The van der Waals surface area contributed by atoms with Crippen LogP contribution in [0.15, 0.2) is 28.6 Å². The summed E-state index contributed by atoms with van der Waals surface area (Å²) in [5, 5.41) is -0.0920. The molecule has 1 saturated carbocycles. The van der Waals surface area contributed by atoms with Crippen molar-refractivity contribution in [2.45, 2.75) is 35.4 Å². The Hall–Kier alpha value is -0.820. The van der Waals surface area contributed by atoms with Crippen molar-refractivity contribution in [3.63, 3.8) is 0 Å². The third-order valence-electron chi connectivity index (χ3n) is 5.12. The molecular formula is C17H22ClN3OS2. The van der Waals surface area contributed by atoms with Crippen LogP contribution in [0.3, 0.4) is 0 Å². The Kier molecular flexibility index (Phi) is 5.39. The maximum Gasteiger partial charge on any atom is 0.235 e. The number of carbonyl (C=O) groups is 1. The highest BCUT2D eigenvalue weighted by molar-refractivity contribution is 8.02. The minimum absolute atomic E-state index is 0. The summed E-state index contributed by atoms with van der Waals surface area (Å²) in [4.78, 5) is 19.4. The van der Waals surface area contributed by atoms with E-state index in [1.807, 2.05) is 30.0 Å². The lowest BCUT2D eigenvalue weighted by atomic mass is 9.98. The predicted molar refractivity (Wildman–Crippen MR) is 103 cm³/mol.